The summed E-state index contributed by atoms with van der Waals surface area (Å²) in [5.41, 5.74) is 0.604. The van der Waals surface area contributed by atoms with Crippen LogP contribution in [0.1, 0.15) is 5.56 Å². The fourth-order valence-electron chi connectivity index (χ4n) is 1.49. The molecule has 0 fully saturated rings. The number of nitrogens with one attached hydrogen (secondary N) is 1. The Bertz CT molecular complexity index is 781. The predicted molar refractivity (Wildman–Crippen MR) is 78.4 cm³/mol. The van der Waals surface area contributed by atoms with Crippen LogP contribution in [0, 0.1) is 11.3 Å². The summed E-state index contributed by atoms with van der Waals surface area (Å²) in [7, 11) is -3.76. The maximum atomic E-state index is 12.2. The number of hydrogen-bond donors (Lipinski definition) is 1. The van der Waals surface area contributed by atoms with E-state index in [1.165, 1.54) is 18.2 Å². The van der Waals surface area contributed by atoms with Crippen LogP contribution in [0.4, 0.5) is 5.69 Å². The van der Waals surface area contributed by atoms with E-state index in [0.29, 0.717) is 10.7 Å². The largest absolute Gasteiger partial charge is 0.280 e. The molecule has 0 radical (unpaired) electrons. The maximum Gasteiger partial charge on any atom is 0.261 e. The third-order valence-electron chi connectivity index (χ3n) is 2.47. The van der Waals surface area contributed by atoms with Crippen molar-refractivity contribution in [3.63, 3.8) is 0 Å². The van der Waals surface area contributed by atoms with E-state index in [4.69, 9.17) is 28.5 Å². The number of rotatable bonds is 3. The van der Waals surface area contributed by atoms with E-state index in [9.17, 15) is 8.42 Å². The molecule has 1 N–H and O–H groups in total. The summed E-state index contributed by atoms with van der Waals surface area (Å²) in [4.78, 5) is -0.0172. The van der Waals surface area contributed by atoms with Gasteiger partial charge in [0.1, 0.15) is 6.07 Å². The standard InChI is InChI=1S/C13H8Cl2N2O2S/c14-10-2-4-11(5-3-10)17-20(18,19)12-6-1-9(8-16)13(15)7-12/h1-7,17H. The molecule has 0 aliphatic heterocycles. The SMILES string of the molecule is N#Cc1ccc(S(=O)(=O)Nc2ccc(Cl)cc2)cc1Cl. The fraction of sp³-hybridized carbons (Fsp3) is 0. The molecule has 0 aromatic heterocycles. The third kappa shape index (κ3) is 3.23. The Hall–Kier alpha value is -1.74. The van der Waals surface area contributed by atoms with Gasteiger partial charge in [0.05, 0.1) is 15.5 Å². The number of hydrogen-bond acceptors (Lipinski definition) is 3. The molecule has 0 aliphatic rings. The molecule has 2 rings (SSSR count). The van der Waals surface area contributed by atoms with Gasteiger partial charge in [0.25, 0.3) is 10.0 Å². The Morgan fingerprint density at radius 1 is 1.05 bits per heavy atom. The van der Waals surface area contributed by atoms with Gasteiger partial charge in [0.2, 0.25) is 0 Å². The molecule has 0 bridgehead atoms. The van der Waals surface area contributed by atoms with Crippen molar-refractivity contribution in [1.29, 1.82) is 5.26 Å². The Morgan fingerprint density at radius 2 is 1.70 bits per heavy atom. The highest BCUT2D eigenvalue weighted by molar-refractivity contribution is 7.92. The van der Waals surface area contributed by atoms with E-state index >= 15 is 0 Å². The number of sulfonamides is 1. The highest BCUT2D eigenvalue weighted by atomic mass is 35.5. The molecule has 2 aromatic rings. The van der Waals surface area contributed by atoms with Crippen molar-refractivity contribution < 1.29 is 8.42 Å². The van der Waals surface area contributed by atoms with E-state index in [2.05, 4.69) is 4.72 Å². The number of anilines is 1. The second-order valence-corrected chi connectivity index (χ2v) is 6.39. The Balaban J connectivity index is 2.33. The van der Waals surface area contributed by atoms with Crippen LogP contribution in [-0.4, -0.2) is 8.42 Å². The molecule has 0 heterocycles. The first-order valence-electron chi connectivity index (χ1n) is 5.40. The van der Waals surface area contributed by atoms with Crippen molar-refractivity contribution in [2.24, 2.45) is 0 Å². The van der Waals surface area contributed by atoms with Gasteiger partial charge in [-0.15, -0.1) is 0 Å². The van der Waals surface area contributed by atoms with Crippen molar-refractivity contribution in [2.45, 2.75) is 4.90 Å². The van der Waals surface area contributed by atoms with Gasteiger partial charge in [-0.1, -0.05) is 23.2 Å². The van der Waals surface area contributed by atoms with Gasteiger partial charge in [-0.3, -0.25) is 4.72 Å². The van der Waals surface area contributed by atoms with Crippen LogP contribution in [-0.2, 0) is 10.0 Å². The molecule has 0 amide bonds. The minimum absolute atomic E-state index is 0.0172. The van der Waals surface area contributed by atoms with E-state index in [1.54, 1.807) is 24.3 Å². The lowest BCUT2D eigenvalue weighted by Gasteiger charge is -2.08. The van der Waals surface area contributed by atoms with Crippen LogP contribution in [0.3, 0.4) is 0 Å². The maximum absolute atomic E-state index is 12.2. The van der Waals surface area contributed by atoms with Gasteiger partial charge in [0, 0.05) is 10.7 Å². The van der Waals surface area contributed by atoms with E-state index in [1.807, 2.05) is 6.07 Å². The number of benzene rings is 2. The van der Waals surface area contributed by atoms with Crippen molar-refractivity contribution in [2.75, 3.05) is 4.72 Å². The van der Waals surface area contributed by atoms with Crippen LogP contribution in [0.25, 0.3) is 0 Å². The first kappa shape index (κ1) is 14.7. The van der Waals surface area contributed by atoms with Gasteiger partial charge in [-0.2, -0.15) is 5.26 Å². The topological polar surface area (TPSA) is 70.0 Å². The molecule has 4 nitrogen and oxygen atoms in total. The predicted octanol–water partition coefficient (Wildman–Crippen LogP) is 3.67. The average Bonchev–Trinajstić information content (AvgIpc) is 2.41. The fourth-order valence-corrected chi connectivity index (χ4v) is 2.98. The number of nitriles is 1. The van der Waals surface area contributed by atoms with Crippen LogP contribution >= 0.6 is 23.2 Å². The zero-order valence-electron chi connectivity index (χ0n) is 9.97. The van der Waals surface area contributed by atoms with Gasteiger partial charge in [0.15, 0.2) is 0 Å². The summed E-state index contributed by atoms with van der Waals surface area (Å²) < 4.78 is 26.7. The summed E-state index contributed by atoms with van der Waals surface area (Å²) in [6.07, 6.45) is 0. The monoisotopic (exact) mass is 326 g/mol. The summed E-state index contributed by atoms with van der Waals surface area (Å²) in [6, 6.07) is 12.0. The lowest BCUT2D eigenvalue weighted by Crippen LogP contribution is -2.12. The minimum Gasteiger partial charge on any atom is -0.280 e. The molecule has 0 spiro atoms. The number of nitrogens with zero attached hydrogens (tertiary/aromatic N) is 1. The van der Waals surface area contributed by atoms with Crippen molar-refractivity contribution >= 4 is 38.9 Å². The van der Waals surface area contributed by atoms with Crippen LogP contribution < -0.4 is 4.72 Å². The first-order chi connectivity index (χ1) is 9.42. The normalized spacial score (nSPS) is 10.8. The van der Waals surface area contributed by atoms with Gasteiger partial charge in [-0.05, 0) is 42.5 Å². The average molecular weight is 327 g/mol. The smallest absolute Gasteiger partial charge is 0.261 e. The molecule has 0 saturated carbocycles. The van der Waals surface area contributed by atoms with E-state index in [-0.39, 0.29) is 15.5 Å². The van der Waals surface area contributed by atoms with Crippen molar-refractivity contribution in [3.8, 4) is 6.07 Å². The molecule has 2 aromatic carbocycles. The lowest BCUT2D eigenvalue weighted by molar-refractivity contribution is 0.601. The van der Waals surface area contributed by atoms with Crippen molar-refractivity contribution in [1.82, 2.24) is 0 Å². The molecular weight excluding hydrogens is 319 g/mol. The molecule has 0 saturated heterocycles. The molecule has 0 atom stereocenters. The van der Waals surface area contributed by atoms with E-state index < -0.39 is 10.0 Å². The zero-order valence-corrected chi connectivity index (χ0v) is 12.3. The van der Waals surface area contributed by atoms with Crippen LogP contribution in [0.5, 0.6) is 0 Å². The molecule has 20 heavy (non-hydrogen) atoms. The lowest BCUT2D eigenvalue weighted by atomic mass is 10.2. The highest BCUT2D eigenvalue weighted by Crippen LogP contribution is 2.23. The second kappa shape index (κ2) is 5.71. The second-order valence-electron chi connectivity index (χ2n) is 3.87. The van der Waals surface area contributed by atoms with Crippen molar-refractivity contribution in [3.05, 3.63) is 58.1 Å². The zero-order chi connectivity index (χ0) is 14.8. The number of halogens is 2. The summed E-state index contributed by atoms with van der Waals surface area (Å²) in [5.74, 6) is 0. The molecule has 0 unspecified atom stereocenters. The first-order valence-corrected chi connectivity index (χ1v) is 7.64. The molecule has 0 aliphatic carbocycles. The Morgan fingerprint density at radius 3 is 2.25 bits per heavy atom. The molecule has 7 heteroatoms. The van der Waals surface area contributed by atoms with E-state index in [0.717, 1.165) is 0 Å². The summed E-state index contributed by atoms with van der Waals surface area (Å²) >= 11 is 11.6. The molecular formula is C13H8Cl2N2O2S. The quantitative estimate of drug-likeness (QED) is 0.935. The summed E-state index contributed by atoms with van der Waals surface area (Å²) in [5, 5.41) is 9.36. The summed E-state index contributed by atoms with van der Waals surface area (Å²) in [6.45, 7) is 0. The van der Waals surface area contributed by atoms with Crippen LogP contribution in [0.15, 0.2) is 47.4 Å². The van der Waals surface area contributed by atoms with Gasteiger partial charge < -0.3 is 0 Å². The minimum atomic E-state index is -3.76. The van der Waals surface area contributed by atoms with Gasteiger partial charge in [-0.25, -0.2) is 8.42 Å². The van der Waals surface area contributed by atoms with Crippen LogP contribution in [0.2, 0.25) is 10.0 Å². The molecule has 102 valence electrons. The third-order valence-corrected chi connectivity index (χ3v) is 4.41. The highest BCUT2D eigenvalue weighted by Gasteiger charge is 2.15. The Labute approximate surface area is 126 Å². The van der Waals surface area contributed by atoms with Gasteiger partial charge >= 0.3 is 0 Å². The Kier molecular flexibility index (Phi) is 4.19.